The molecule has 1 amide bonds. The molecule has 164 valence electrons. The molecule has 0 radical (unpaired) electrons. The molecule has 0 aliphatic heterocycles. The third kappa shape index (κ3) is 5.06. The number of carbonyl (C=O) groups excluding carboxylic acids is 1. The fourth-order valence-corrected chi connectivity index (χ4v) is 3.25. The minimum atomic E-state index is -0.421. The predicted molar refractivity (Wildman–Crippen MR) is 120 cm³/mol. The van der Waals surface area contributed by atoms with Gasteiger partial charge in [-0.3, -0.25) is 4.79 Å². The van der Waals surface area contributed by atoms with Gasteiger partial charge in [-0.2, -0.15) is 0 Å². The average molecular weight is 433 g/mol. The van der Waals surface area contributed by atoms with Crippen molar-refractivity contribution in [2.24, 2.45) is 0 Å². The summed E-state index contributed by atoms with van der Waals surface area (Å²) in [4.78, 5) is 18.7. The van der Waals surface area contributed by atoms with Crippen molar-refractivity contribution >= 4 is 11.6 Å². The lowest BCUT2D eigenvalue weighted by Crippen LogP contribution is -2.30. The van der Waals surface area contributed by atoms with Gasteiger partial charge in [-0.05, 0) is 55.0 Å². The Hall–Kier alpha value is -3.87. The summed E-state index contributed by atoms with van der Waals surface area (Å²) in [5.41, 5.74) is 3.39. The molecule has 2 aromatic carbocycles. The van der Waals surface area contributed by atoms with Crippen molar-refractivity contribution in [1.82, 2.24) is 14.3 Å². The topological polar surface area (TPSA) is 56.1 Å². The Morgan fingerprint density at radius 3 is 2.59 bits per heavy atom. The number of aromatic nitrogens is 2. The minimum Gasteiger partial charge on any atom is -0.489 e. The van der Waals surface area contributed by atoms with E-state index in [-0.39, 0.29) is 18.3 Å². The molecule has 0 aliphatic rings. The number of nitrogens with zero attached hydrogens (tertiary/aromatic N) is 3. The van der Waals surface area contributed by atoms with Crippen LogP contribution in [0, 0.1) is 12.7 Å². The van der Waals surface area contributed by atoms with Gasteiger partial charge in [0.2, 0.25) is 0 Å². The Bertz CT molecular complexity index is 1220. The fraction of sp³-hybridized carbons (Fsp3) is 0.200. The number of benzene rings is 2. The van der Waals surface area contributed by atoms with E-state index in [1.165, 1.54) is 11.0 Å². The van der Waals surface area contributed by atoms with Crippen LogP contribution in [0.1, 0.15) is 21.6 Å². The number of ether oxygens (including phenoxy) is 2. The number of aryl methyl sites for hydroxylation is 1. The number of imidazole rings is 1. The van der Waals surface area contributed by atoms with E-state index in [1.54, 1.807) is 49.5 Å². The molecule has 4 rings (SSSR count). The largest absolute Gasteiger partial charge is 0.489 e. The van der Waals surface area contributed by atoms with Crippen molar-refractivity contribution in [3.05, 3.63) is 95.7 Å². The maximum Gasteiger partial charge on any atom is 0.253 e. The summed E-state index contributed by atoms with van der Waals surface area (Å²) in [6.45, 7) is 2.90. The van der Waals surface area contributed by atoms with Crippen LogP contribution in [0.4, 0.5) is 4.39 Å². The van der Waals surface area contributed by atoms with Gasteiger partial charge in [-0.25, -0.2) is 9.37 Å². The first-order valence-corrected chi connectivity index (χ1v) is 10.3. The quantitative estimate of drug-likeness (QED) is 0.410. The van der Waals surface area contributed by atoms with Crippen molar-refractivity contribution in [1.29, 1.82) is 0 Å². The maximum atomic E-state index is 13.6. The van der Waals surface area contributed by atoms with Crippen LogP contribution in [0.5, 0.6) is 11.5 Å². The average Bonchev–Trinajstić information content (AvgIpc) is 3.20. The first kappa shape index (κ1) is 21.4. The molecule has 0 atom stereocenters. The zero-order valence-electron chi connectivity index (χ0n) is 18.0. The third-order valence-electron chi connectivity index (χ3n) is 5.00. The third-order valence-corrected chi connectivity index (χ3v) is 5.00. The van der Waals surface area contributed by atoms with Gasteiger partial charge in [0.05, 0.1) is 12.2 Å². The standard InChI is InChI=1S/C25H24FN3O3/c1-18-7-12-24-27-20(16-29(24)15-18)17-32-21-10-8-19(9-11-21)25(30)28(2)13-14-31-23-6-4-3-5-22(23)26/h3-12,15-16H,13-14,17H2,1-2H3. The van der Waals surface area contributed by atoms with Gasteiger partial charge in [-0.1, -0.05) is 18.2 Å². The number of pyridine rings is 1. The number of rotatable bonds is 8. The number of hydrogen-bond acceptors (Lipinski definition) is 4. The molecule has 0 saturated heterocycles. The number of likely N-dealkylation sites (N-methyl/N-ethyl adjacent to an activating group) is 1. The van der Waals surface area contributed by atoms with E-state index >= 15 is 0 Å². The lowest BCUT2D eigenvalue weighted by atomic mass is 10.2. The SMILES string of the molecule is Cc1ccc2nc(COc3ccc(C(=O)N(C)CCOc4ccccc4F)cc3)cn2c1. The maximum absolute atomic E-state index is 13.6. The minimum absolute atomic E-state index is 0.149. The fourth-order valence-electron chi connectivity index (χ4n) is 3.25. The van der Waals surface area contributed by atoms with Gasteiger partial charge in [-0.15, -0.1) is 0 Å². The second-order valence-corrected chi connectivity index (χ2v) is 7.52. The van der Waals surface area contributed by atoms with E-state index in [4.69, 9.17) is 9.47 Å². The predicted octanol–water partition coefficient (Wildman–Crippen LogP) is 4.51. The molecule has 6 nitrogen and oxygen atoms in total. The molecule has 0 aliphatic carbocycles. The first-order valence-electron chi connectivity index (χ1n) is 10.3. The number of para-hydroxylation sites is 1. The Labute approximate surface area is 185 Å². The highest BCUT2D eigenvalue weighted by molar-refractivity contribution is 5.94. The number of carbonyl (C=O) groups is 1. The summed E-state index contributed by atoms with van der Waals surface area (Å²) < 4.78 is 26.8. The molecule has 7 heteroatoms. The molecular weight excluding hydrogens is 409 g/mol. The van der Waals surface area contributed by atoms with Crippen LogP contribution in [-0.4, -0.2) is 40.4 Å². The highest BCUT2D eigenvalue weighted by Gasteiger charge is 2.12. The van der Waals surface area contributed by atoms with E-state index in [2.05, 4.69) is 4.98 Å². The van der Waals surface area contributed by atoms with Gasteiger partial charge >= 0.3 is 0 Å². The lowest BCUT2D eigenvalue weighted by molar-refractivity contribution is 0.0773. The van der Waals surface area contributed by atoms with Gasteiger partial charge in [0.15, 0.2) is 11.6 Å². The smallest absolute Gasteiger partial charge is 0.253 e. The summed E-state index contributed by atoms with van der Waals surface area (Å²) >= 11 is 0. The molecule has 2 aromatic heterocycles. The van der Waals surface area contributed by atoms with E-state index in [0.717, 1.165) is 16.9 Å². The highest BCUT2D eigenvalue weighted by atomic mass is 19.1. The van der Waals surface area contributed by atoms with Gasteiger partial charge in [0, 0.05) is 25.0 Å². The first-order chi connectivity index (χ1) is 15.5. The summed E-state index contributed by atoms with van der Waals surface area (Å²) in [5.74, 6) is 0.260. The lowest BCUT2D eigenvalue weighted by Gasteiger charge is -2.18. The monoisotopic (exact) mass is 433 g/mol. The van der Waals surface area contributed by atoms with Crippen LogP contribution < -0.4 is 9.47 Å². The van der Waals surface area contributed by atoms with Crippen molar-refractivity contribution in [2.75, 3.05) is 20.2 Å². The van der Waals surface area contributed by atoms with Crippen molar-refractivity contribution < 1.29 is 18.7 Å². The number of amides is 1. The van der Waals surface area contributed by atoms with Gasteiger partial charge in [0.1, 0.15) is 24.6 Å². The van der Waals surface area contributed by atoms with E-state index in [1.807, 2.05) is 35.9 Å². The Kier molecular flexibility index (Phi) is 6.35. The summed E-state index contributed by atoms with van der Waals surface area (Å²) in [5, 5.41) is 0. The Morgan fingerprint density at radius 2 is 1.81 bits per heavy atom. The van der Waals surface area contributed by atoms with Crippen LogP contribution >= 0.6 is 0 Å². The molecule has 0 N–H and O–H groups in total. The zero-order valence-corrected chi connectivity index (χ0v) is 18.0. The second kappa shape index (κ2) is 9.51. The van der Waals surface area contributed by atoms with Crippen molar-refractivity contribution in [2.45, 2.75) is 13.5 Å². The van der Waals surface area contributed by atoms with Gasteiger partial charge < -0.3 is 18.8 Å². The molecule has 0 unspecified atom stereocenters. The normalized spacial score (nSPS) is 10.8. The van der Waals surface area contributed by atoms with Crippen LogP contribution in [0.25, 0.3) is 5.65 Å². The molecule has 0 saturated carbocycles. The molecule has 0 spiro atoms. The molecule has 2 heterocycles. The molecule has 4 aromatic rings. The zero-order chi connectivity index (χ0) is 22.5. The Morgan fingerprint density at radius 1 is 1.03 bits per heavy atom. The summed E-state index contributed by atoms with van der Waals surface area (Å²) in [6, 6.07) is 17.2. The van der Waals surface area contributed by atoms with Crippen molar-refractivity contribution in [3.8, 4) is 11.5 Å². The number of hydrogen-bond donors (Lipinski definition) is 0. The molecule has 32 heavy (non-hydrogen) atoms. The van der Waals surface area contributed by atoms with Crippen LogP contribution in [0.15, 0.2) is 73.1 Å². The second-order valence-electron chi connectivity index (χ2n) is 7.52. The summed E-state index contributed by atoms with van der Waals surface area (Å²) in [6.07, 6.45) is 3.96. The highest BCUT2D eigenvalue weighted by Crippen LogP contribution is 2.17. The van der Waals surface area contributed by atoms with E-state index in [0.29, 0.717) is 24.5 Å². The van der Waals surface area contributed by atoms with Crippen LogP contribution in [-0.2, 0) is 6.61 Å². The number of halogens is 1. The van der Waals surface area contributed by atoms with Crippen LogP contribution in [0.3, 0.4) is 0 Å². The van der Waals surface area contributed by atoms with E-state index < -0.39 is 5.82 Å². The summed E-state index contributed by atoms with van der Waals surface area (Å²) in [7, 11) is 1.68. The molecule has 0 bridgehead atoms. The number of fused-ring (bicyclic) bond motifs is 1. The Balaban J connectivity index is 1.29. The van der Waals surface area contributed by atoms with E-state index in [9.17, 15) is 9.18 Å². The van der Waals surface area contributed by atoms with Crippen LogP contribution in [0.2, 0.25) is 0 Å². The molecule has 0 fully saturated rings. The van der Waals surface area contributed by atoms with Gasteiger partial charge in [0.25, 0.3) is 5.91 Å². The molecular formula is C25H24FN3O3. The van der Waals surface area contributed by atoms with Crippen molar-refractivity contribution in [3.63, 3.8) is 0 Å².